The van der Waals surface area contributed by atoms with Gasteiger partial charge in [0.05, 0.1) is 0 Å². The molecule has 1 heterocycles. The highest BCUT2D eigenvalue weighted by Gasteiger charge is 2.12. The smallest absolute Gasteiger partial charge is 0.229 e. The molecule has 2 aromatic rings. The Balaban J connectivity index is 2.11. The van der Waals surface area contributed by atoms with Crippen LogP contribution >= 0.6 is 0 Å². The van der Waals surface area contributed by atoms with E-state index >= 15 is 0 Å². The molecule has 1 aromatic carbocycles. The molecule has 2 rings (SSSR count). The van der Waals surface area contributed by atoms with E-state index in [2.05, 4.69) is 79.5 Å². The number of aromatic nitrogens is 2. The van der Waals surface area contributed by atoms with Gasteiger partial charge in [-0.1, -0.05) is 32.9 Å². The zero-order valence-electron chi connectivity index (χ0n) is 13.4. The lowest BCUT2D eigenvalue weighted by Crippen LogP contribution is -2.12. The molecule has 0 atom stereocenters. The predicted molar refractivity (Wildman–Crippen MR) is 89.2 cm³/mol. The molecular weight excluding hydrogens is 260 g/mol. The lowest BCUT2D eigenvalue weighted by molar-refractivity contribution is 0.590. The minimum Gasteiger partial charge on any atom is -0.368 e. The molecule has 0 aliphatic carbocycles. The van der Waals surface area contributed by atoms with Crippen LogP contribution in [0.15, 0.2) is 36.5 Å². The van der Waals surface area contributed by atoms with Crippen molar-refractivity contribution >= 4 is 17.5 Å². The normalized spacial score (nSPS) is 11.5. The van der Waals surface area contributed by atoms with E-state index in [0.717, 1.165) is 11.5 Å². The minimum atomic E-state index is 0.163. The quantitative estimate of drug-likeness (QED) is 0.877. The van der Waals surface area contributed by atoms with Gasteiger partial charge < -0.3 is 10.6 Å². The van der Waals surface area contributed by atoms with Crippen molar-refractivity contribution in [3.05, 3.63) is 42.1 Å². The maximum absolute atomic E-state index is 4.45. The Hall–Kier alpha value is -2.10. The summed E-state index contributed by atoms with van der Waals surface area (Å²) in [6.45, 7) is 10.8. The van der Waals surface area contributed by atoms with Crippen molar-refractivity contribution in [2.24, 2.45) is 0 Å². The average Bonchev–Trinajstić information content (AvgIpc) is 2.38. The van der Waals surface area contributed by atoms with Crippen LogP contribution in [0.5, 0.6) is 0 Å². The Morgan fingerprint density at radius 2 is 1.67 bits per heavy atom. The SMILES string of the molecule is CC(C)Nc1ccnc(Nc2ccc(C(C)(C)C)cc2)n1. The first kappa shape index (κ1) is 15.3. The molecule has 0 bridgehead atoms. The van der Waals surface area contributed by atoms with E-state index in [9.17, 15) is 0 Å². The summed E-state index contributed by atoms with van der Waals surface area (Å²) in [6.07, 6.45) is 1.75. The third-order valence-electron chi connectivity index (χ3n) is 3.10. The van der Waals surface area contributed by atoms with Gasteiger partial charge in [0.2, 0.25) is 5.95 Å². The Bertz CT molecular complexity index is 582. The van der Waals surface area contributed by atoms with Crippen LogP contribution in [-0.2, 0) is 5.41 Å². The number of benzene rings is 1. The molecule has 0 spiro atoms. The molecule has 4 heteroatoms. The van der Waals surface area contributed by atoms with E-state index in [0.29, 0.717) is 12.0 Å². The first-order valence-corrected chi connectivity index (χ1v) is 7.32. The fraction of sp³-hybridized carbons (Fsp3) is 0.412. The topological polar surface area (TPSA) is 49.8 Å². The lowest BCUT2D eigenvalue weighted by atomic mass is 9.87. The van der Waals surface area contributed by atoms with Crippen LogP contribution in [0.3, 0.4) is 0 Å². The molecule has 0 saturated carbocycles. The summed E-state index contributed by atoms with van der Waals surface area (Å²) in [4.78, 5) is 8.70. The van der Waals surface area contributed by atoms with E-state index in [1.54, 1.807) is 6.20 Å². The second-order valence-electron chi connectivity index (χ2n) is 6.52. The lowest BCUT2D eigenvalue weighted by Gasteiger charge is -2.19. The molecule has 2 N–H and O–H groups in total. The van der Waals surface area contributed by atoms with Crippen molar-refractivity contribution in [1.82, 2.24) is 9.97 Å². The fourth-order valence-corrected chi connectivity index (χ4v) is 1.98. The van der Waals surface area contributed by atoms with Gasteiger partial charge in [0, 0.05) is 17.9 Å². The first-order valence-electron chi connectivity index (χ1n) is 7.32. The summed E-state index contributed by atoms with van der Waals surface area (Å²) in [6, 6.07) is 10.6. The third-order valence-corrected chi connectivity index (χ3v) is 3.10. The second kappa shape index (κ2) is 6.12. The molecule has 21 heavy (non-hydrogen) atoms. The highest BCUT2D eigenvalue weighted by atomic mass is 15.1. The summed E-state index contributed by atoms with van der Waals surface area (Å²) in [7, 11) is 0. The molecule has 0 radical (unpaired) electrons. The zero-order valence-corrected chi connectivity index (χ0v) is 13.4. The maximum atomic E-state index is 4.45. The minimum absolute atomic E-state index is 0.163. The van der Waals surface area contributed by atoms with Crippen molar-refractivity contribution in [2.75, 3.05) is 10.6 Å². The van der Waals surface area contributed by atoms with Gasteiger partial charge in [0.25, 0.3) is 0 Å². The van der Waals surface area contributed by atoms with Crippen molar-refractivity contribution < 1.29 is 0 Å². The molecule has 1 aromatic heterocycles. The average molecular weight is 284 g/mol. The fourth-order valence-electron chi connectivity index (χ4n) is 1.98. The standard InChI is InChI=1S/C17H24N4/c1-12(2)19-15-10-11-18-16(21-15)20-14-8-6-13(7-9-14)17(3,4)5/h6-12H,1-5H3,(H2,18,19,20,21). The van der Waals surface area contributed by atoms with Crippen LogP contribution in [0.2, 0.25) is 0 Å². The van der Waals surface area contributed by atoms with E-state index in [1.165, 1.54) is 5.56 Å². The highest BCUT2D eigenvalue weighted by Crippen LogP contribution is 2.24. The third kappa shape index (κ3) is 4.45. The largest absolute Gasteiger partial charge is 0.368 e. The van der Waals surface area contributed by atoms with Crippen LogP contribution in [0, 0.1) is 0 Å². The summed E-state index contributed by atoms with van der Waals surface area (Å²) >= 11 is 0. The summed E-state index contributed by atoms with van der Waals surface area (Å²) in [5, 5.41) is 6.50. The van der Waals surface area contributed by atoms with Gasteiger partial charge in [-0.15, -0.1) is 0 Å². The Kier molecular flexibility index (Phi) is 4.46. The van der Waals surface area contributed by atoms with Crippen molar-refractivity contribution in [1.29, 1.82) is 0 Å². The Morgan fingerprint density at radius 1 is 1.00 bits per heavy atom. The van der Waals surface area contributed by atoms with Crippen molar-refractivity contribution in [3.63, 3.8) is 0 Å². The maximum Gasteiger partial charge on any atom is 0.229 e. The van der Waals surface area contributed by atoms with Gasteiger partial charge >= 0.3 is 0 Å². The van der Waals surface area contributed by atoms with Crippen molar-refractivity contribution in [3.8, 4) is 0 Å². The zero-order chi connectivity index (χ0) is 15.5. The highest BCUT2D eigenvalue weighted by molar-refractivity contribution is 5.55. The van der Waals surface area contributed by atoms with E-state index < -0.39 is 0 Å². The van der Waals surface area contributed by atoms with Crippen molar-refractivity contribution in [2.45, 2.75) is 46.1 Å². The second-order valence-corrected chi connectivity index (χ2v) is 6.52. The molecule has 0 unspecified atom stereocenters. The molecule has 112 valence electrons. The van der Waals surface area contributed by atoms with Gasteiger partial charge in [-0.25, -0.2) is 4.98 Å². The summed E-state index contributed by atoms with van der Waals surface area (Å²) in [5.41, 5.74) is 2.46. The number of anilines is 3. The molecule has 0 fully saturated rings. The van der Waals surface area contributed by atoms with Crippen LogP contribution in [0.4, 0.5) is 17.5 Å². The van der Waals surface area contributed by atoms with E-state index in [1.807, 2.05) is 6.07 Å². The predicted octanol–water partition coefficient (Wildman–Crippen LogP) is 4.34. The molecule has 4 nitrogen and oxygen atoms in total. The number of hydrogen-bond donors (Lipinski definition) is 2. The van der Waals surface area contributed by atoms with Gasteiger partial charge in [-0.2, -0.15) is 4.98 Å². The molecule has 0 saturated heterocycles. The van der Waals surface area contributed by atoms with Crippen LogP contribution in [-0.4, -0.2) is 16.0 Å². The van der Waals surface area contributed by atoms with Crippen LogP contribution in [0.1, 0.15) is 40.2 Å². The molecular formula is C17H24N4. The number of hydrogen-bond acceptors (Lipinski definition) is 4. The van der Waals surface area contributed by atoms with E-state index in [4.69, 9.17) is 0 Å². The van der Waals surface area contributed by atoms with Gasteiger partial charge in [-0.05, 0) is 43.0 Å². The Morgan fingerprint density at radius 3 is 2.24 bits per heavy atom. The molecule has 0 aliphatic heterocycles. The molecule has 0 aliphatic rings. The van der Waals surface area contributed by atoms with Gasteiger partial charge in [-0.3, -0.25) is 0 Å². The monoisotopic (exact) mass is 284 g/mol. The summed E-state index contributed by atoms with van der Waals surface area (Å²) < 4.78 is 0. The van der Waals surface area contributed by atoms with Crippen LogP contribution < -0.4 is 10.6 Å². The molecule has 0 amide bonds. The Labute approximate surface area is 127 Å². The van der Waals surface area contributed by atoms with Crippen LogP contribution in [0.25, 0.3) is 0 Å². The number of rotatable bonds is 4. The number of nitrogens with one attached hydrogen (secondary N) is 2. The summed E-state index contributed by atoms with van der Waals surface area (Å²) in [5.74, 6) is 1.43. The number of nitrogens with zero attached hydrogens (tertiary/aromatic N) is 2. The first-order chi connectivity index (χ1) is 9.84. The van der Waals surface area contributed by atoms with E-state index in [-0.39, 0.29) is 5.41 Å². The van der Waals surface area contributed by atoms with Gasteiger partial charge in [0.15, 0.2) is 0 Å². The van der Waals surface area contributed by atoms with Gasteiger partial charge in [0.1, 0.15) is 5.82 Å².